The number of nitrogens with one attached hydrogen (secondary N) is 2. The van der Waals surface area contributed by atoms with Gasteiger partial charge in [-0.3, -0.25) is 4.79 Å². The molecule has 4 rings (SSSR count). The molecule has 1 aromatic heterocycles. The van der Waals surface area contributed by atoms with Gasteiger partial charge in [-0.05, 0) is 61.7 Å². The summed E-state index contributed by atoms with van der Waals surface area (Å²) in [5, 5.41) is 6.26. The Balaban J connectivity index is 1.39. The molecule has 0 radical (unpaired) electrons. The summed E-state index contributed by atoms with van der Waals surface area (Å²) in [6, 6.07) is 25.4. The van der Waals surface area contributed by atoms with Gasteiger partial charge in [-0.2, -0.15) is 0 Å². The molecule has 0 aliphatic rings. The Labute approximate surface area is 192 Å². The molecule has 0 unspecified atom stereocenters. The van der Waals surface area contributed by atoms with Gasteiger partial charge in [0.05, 0.1) is 0 Å². The third kappa shape index (κ3) is 6.23. The van der Waals surface area contributed by atoms with Crippen LogP contribution in [0, 0.1) is 5.82 Å². The van der Waals surface area contributed by atoms with Crippen LogP contribution in [0.3, 0.4) is 0 Å². The van der Waals surface area contributed by atoms with Crippen LogP contribution in [-0.4, -0.2) is 21.9 Å². The van der Waals surface area contributed by atoms with Crippen LogP contribution in [0.15, 0.2) is 91.1 Å². The number of anilines is 2. The minimum Gasteiger partial charge on any atom is -0.350 e. The molecule has 1 atom stereocenters. The predicted octanol–water partition coefficient (Wildman–Crippen LogP) is 5.78. The molecule has 4 aromatic rings. The van der Waals surface area contributed by atoms with Crippen LogP contribution in [0.2, 0.25) is 0 Å². The highest BCUT2D eigenvalue weighted by Gasteiger charge is 2.11. The fraction of sp³-hybridized carbons (Fsp3) is 0.148. The lowest BCUT2D eigenvalue weighted by Crippen LogP contribution is -2.32. The van der Waals surface area contributed by atoms with Gasteiger partial charge in [0.25, 0.3) is 5.91 Å². The largest absolute Gasteiger partial charge is 0.350 e. The van der Waals surface area contributed by atoms with Gasteiger partial charge < -0.3 is 10.6 Å². The summed E-state index contributed by atoms with van der Waals surface area (Å²) in [4.78, 5) is 21.4. The van der Waals surface area contributed by atoms with E-state index in [-0.39, 0.29) is 17.8 Å². The Morgan fingerprint density at radius 2 is 1.79 bits per heavy atom. The van der Waals surface area contributed by atoms with Crippen LogP contribution in [0.1, 0.15) is 29.3 Å². The molecular weight excluding hydrogens is 415 g/mol. The Bertz CT molecular complexity index is 1230. The minimum atomic E-state index is -0.342. The third-order valence-corrected chi connectivity index (χ3v) is 5.22. The lowest BCUT2D eigenvalue weighted by atomic mass is 10.1. The molecule has 0 aliphatic heterocycles. The van der Waals surface area contributed by atoms with Crippen molar-refractivity contribution in [3.63, 3.8) is 0 Å². The van der Waals surface area contributed by atoms with E-state index in [1.165, 1.54) is 17.7 Å². The van der Waals surface area contributed by atoms with Gasteiger partial charge in [-0.1, -0.05) is 48.5 Å². The van der Waals surface area contributed by atoms with Crippen molar-refractivity contribution in [1.29, 1.82) is 0 Å². The van der Waals surface area contributed by atoms with Crippen LogP contribution in [0.5, 0.6) is 0 Å². The number of aryl methyl sites for hydroxylation is 1. The first-order valence-electron chi connectivity index (χ1n) is 10.9. The topological polar surface area (TPSA) is 66.9 Å². The smallest absolute Gasteiger partial charge is 0.251 e. The molecule has 1 heterocycles. The zero-order chi connectivity index (χ0) is 23.0. The van der Waals surface area contributed by atoms with E-state index in [1.807, 2.05) is 37.3 Å². The molecule has 5 nitrogen and oxygen atoms in total. The predicted molar refractivity (Wildman–Crippen MR) is 129 cm³/mol. The molecule has 0 spiro atoms. The number of halogens is 1. The van der Waals surface area contributed by atoms with E-state index >= 15 is 0 Å². The molecule has 1 amide bonds. The molecule has 2 N–H and O–H groups in total. The summed E-state index contributed by atoms with van der Waals surface area (Å²) >= 11 is 0. The van der Waals surface area contributed by atoms with Crippen molar-refractivity contribution >= 4 is 17.4 Å². The highest BCUT2D eigenvalue weighted by Crippen LogP contribution is 2.20. The number of rotatable bonds is 8. The first-order chi connectivity index (χ1) is 16.1. The van der Waals surface area contributed by atoms with Crippen molar-refractivity contribution in [3.8, 4) is 11.4 Å². The SMILES string of the molecule is C[C@@H](CCc1ccccc1)NC(=O)c1cccc(Nc2ccnc(-c3cccc(F)c3)n2)c1. The summed E-state index contributed by atoms with van der Waals surface area (Å²) < 4.78 is 13.5. The second-order valence-electron chi connectivity index (χ2n) is 7.88. The second-order valence-corrected chi connectivity index (χ2v) is 7.88. The average molecular weight is 441 g/mol. The van der Waals surface area contributed by atoms with E-state index in [1.54, 1.807) is 36.5 Å². The molecule has 166 valence electrons. The van der Waals surface area contributed by atoms with Crippen LogP contribution < -0.4 is 10.6 Å². The zero-order valence-electron chi connectivity index (χ0n) is 18.3. The van der Waals surface area contributed by atoms with Gasteiger partial charge in [0.1, 0.15) is 11.6 Å². The van der Waals surface area contributed by atoms with E-state index < -0.39 is 0 Å². The van der Waals surface area contributed by atoms with Crippen molar-refractivity contribution in [2.24, 2.45) is 0 Å². The molecule has 3 aromatic carbocycles. The molecule has 6 heteroatoms. The number of benzene rings is 3. The maximum Gasteiger partial charge on any atom is 0.251 e. The Kier molecular flexibility index (Phi) is 7.05. The number of carbonyl (C=O) groups is 1. The molecule has 0 fully saturated rings. The zero-order valence-corrected chi connectivity index (χ0v) is 18.3. The molecule has 33 heavy (non-hydrogen) atoms. The lowest BCUT2D eigenvalue weighted by Gasteiger charge is -2.15. The van der Waals surface area contributed by atoms with Crippen molar-refractivity contribution in [2.75, 3.05) is 5.32 Å². The van der Waals surface area contributed by atoms with Crippen molar-refractivity contribution in [1.82, 2.24) is 15.3 Å². The summed E-state index contributed by atoms with van der Waals surface area (Å²) in [5.74, 6) is 0.507. The standard InChI is InChI=1S/C27H25FN4O/c1-19(13-14-20-7-3-2-4-8-20)30-27(33)22-10-6-12-24(18-22)31-25-15-16-29-26(32-25)21-9-5-11-23(28)17-21/h2-12,15-19H,13-14H2,1H3,(H,30,33)(H,29,31,32)/t19-/m0/s1. The van der Waals surface area contributed by atoms with Gasteiger partial charge in [0, 0.05) is 29.1 Å². The van der Waals surface area contributed by atoms with Gasteiger partial charge in [-0.15, -0.1) is 0 Å². The average Bonchev–Trinajstić information content (AvgIpc) is 2.84. The number of carbonyl (C=O) groups excluding carboxylic acids is 1. The molecular formula is C27H25FN4O. The summed E-state index contributed by atoms with van der Waals surface area (Å²) in [6.45, 7) is 2.01. The van der Waals surface area contributed by atoms with E-state index in [2.05, 4.69) is 32.7 Å². The highest BCUT2D eigenvalue weighted by atomic mass is 19.1. The number of hydrogen-bond donors (Lipinski definition) is 2. The first kappa shape index (κ1) is 22.1. The van der Waals surface area contributed by atoms with E-state index in [0.717, 1.165) is 18.5 Å². The number of hydrogen-bond acceptors (Lipinski definition) is 4. The Morgan fingerprint density at radius 1 is 0.970 bits per heavy atom. The fourth-order valence-electron chi connectivity index (χ4n) is 3.49. The van der Waals surface area contributed by atoms with Crippen LogP contribution in [-0.2, 0) is 6.42 Å². The molecule has 0 aliphatic carbocycles. The Hall–Kier alpha value is -4.06. The fourth-order valence-corrected chi connectivity index (χ4v) is 3.49. The summed E-state index contributed by atoms with van der Waals surface area (Å²) in [5.41, 5.74) is 3.14. The second kappa shape index (κ2) is 10.5. The molecule has 0 saturated carbocycles. The number of nitrogens with zero attached hydrogens (tertiary/aromatic N) is 2. The normalized spacial score (nSPS) is 11.6. The molecule has 0 saturated heterocycles. The van der Waals surface area contributed by atoms with Gasteiger partial charge in [0.15, 0.2) is 5.82 Å². The van der Waals surface area contributed by atoms with Gasteiger partial charge in [-0.25, -0.2) is 14.4 Å². The Morgan fingerprint density at radius 3 is 2.61 bits per heavy atom. The van der Waals surface area contributed by atoms with E-state index in [4.69, 9.17) is 0 Å². The highest BCUT2D eigenvalue weighted by molar-refractivity contribution is 5.95. The summed E-state index contributed by atoms with van der Waals surface area (Å²) in [7, 11) is 0. The minimum absolute atomic E-state index is 0.0463. The van der Waals surface area contributed by atoms with Crippen LogP contribution >= 0.6 is 0 Å². The van der Waals surface area contributed by atoms with Crippen molar-refractivity contribution in [2.45, 2.75) is 25.8 Å². The maximum absolute atomic E-state index is 13.5. The van der Waals surface area contributed by atoms with E-state index in [9.17, 15) is 9.18 Å². The maximum atomic E-state index is 13.5. The van der Waals surface area contributed by atoms with Crippen molar-refractivity contribution < 1.29 is 9.18 Å². The summed E-state index contributed by atoms with van der Waals surface area (Å²) in [6.07, 6.45) is 3.38. The van der Waals surface area contributed by atoms with Gasteiger partial charge in [0.2, 0.25) is 0 Å². The third-order valence-electron chi connectivity index (χ3n) is 5.22. The van der Waals surface area contributed by atoms with Crippen LogP contribution in [0.4, 0.5) is 15.9 Å². The monoisotopic (exact) mass is 440 g/mol. The quantitative estimate of drug-likeness (QED) is 0.365. The van der Waals surface area contributed by atoms with Crippen LogP contribution in [0.25, 0.3) is 11.4 Å². The number of aromatic nitrogens is 2. The first-order valence-corrected chi connectivity index (χ1v) is 10.9. The van der Waals surface area contributed by atoms with E-state index in [0.29, 0.717) is 22.8 Å². The van der Waals surface area contributed by atoms with Crippen molar-refractivity contribution in [3.05, 3.63) is 108 Å². The van der Waals surface area contributed by atoms with Gasteiger partial charge >= 0.3 is 0 Å². The lowest BCUT2D eigenvalue weighted by molar-refractivity contribution is 0.0938. The number of amides is 1. The molecule has 0 bridgehead atoms.